The molecule has 22 heavy (non-hydrogen) atoms. The first-order valence-electron chi connectivity index (χ1n) is 7.33. The highest BCUT2D eigenvalue weighted by molar-refractivity contribution is 5.92. The topological polar surface area (TPSA) is 42.7 Å². The van der Waals surface area contributed by atoms with Crippen LogP contribution in [0.25, 0.3) is 0 Å². The summed E-state index contributed by atoms with van der Waals surface area (Å²) in [4.78, 5) is 14.4. The molecule has 0 aliphatic carbocycles. The summed E-state index contributed by atoms with van der Waals surface area (Å²) in [5.74, 6) is 0.550. The van der Waals surface area contributed by atoms with Crippen LogP contribution in [0.5, 0.6) is 0 Å². The number of amides is 1. The lowest BCUT2D eigenvalue weighted by atomic mass is 10.0. The van der Waals surface area contributed by atoms with E-state index in [0.717, 1.165) is 18.4 Å². The highest BCUT2D eigenvalue weighted by Gasteiger charge is 2.32. The molecule has 1 aliphatic heterocycles. The molecule has 0 bridgehead atoms. The Morgan fingerprint density at radius 2 is 2.09 bits per heavy atom. The molecule has 5 heteroatoms. The van der Waals surface area contributed by atoms with Gasteiger partial charge in [-0.3, -0.25) is 4.79 Å². The molecule has 1 fully saturated rings. The Labute approximate surface area is 128 Å². The highest BCUT2D eigenvalue weighted by atomic mass is 19.1. The molecule has 1 aliphatic rings. The van der Waals surface area contributed by atoms with Gasteiger partial charge in [0.1, 0.15) is 18.2 Å². The van der Waals surface area contributed by atoms with E-state index in [1.165, 1.54) is 12.1 Å². The lowest BCUT2D eigenvalue weighted by molar-refractivity contribution is 0.0695. The normalized spacial score (nSPS) is 17.9. The minimum Gasteiger partial charge on any atom is -0.453 e. The first-order valence-corrected chi connectivity index (χ1v) is 7.33. The number of ether oxygens (including phenoxy) is 1. The van der Waals surface area contributed by atoms with Gasteiger partial charge in [-0.1, -0.05) is 12.1 Å². The number of hydrogen-bond acceptors (Lipinski definition) is 3. The Morgan fingerprint density at radius 3 is 2.82 bits per heavy atom. The molecule has 1 amide bonds. The number of rotatable bonds is 4. The molecule has 1 aromatic heterocycles. The summed E-state index contributed by atoms with van der Waals surface area (Å²) in [5, 5.41) is 0. The molecule has 0 N–H and O–H groups in total. The maximum atomic E-state index is 13.1. The van der Waals surface area contributed by atoms with Gasteiger partial charge in [-0.05, 0) is 42.7 Å². The van der Waals surface area contributed by atoms with E-state index in [1.54, 1.807) is 36.3 Å². The van der Waals surface area contributed by atoms with Gasteiger partial charge < -0.3 is 14.1 Å². The standard InChI is InChI=1S/C17H18FNO3/c1-21-11-14-8-9-16(22-14)17(20)19-10-2-3-15(19)12-4-6-13(18)7-5-12/h4-9,15H,2-3,10-11H2,1H3. The average molecular weight is 303 g/mol. The maximum absolute atomic E-state index is 13.1. The van der Waals surface area contributed by atoms with Gasteiger partial charge in [0.2, 0.25) is 0 Å². The predicted octanol–water partition coefficient (Wildman–Crippen LogP) is 3.54. The molecule has 1 saturated heterocycles. The summed E-state index contributed by atoms with van der Waals surface area (Å²) in [6, 6.07) is 9.74. The van der Waals surface area contributed by atoms with Crippen molar-refractivity contribution in [2.24, 2.45) is 0 Å². The molecule has 1 unspecified atom stereocenters. The van der Waals surface area contributed by atoms with Crippen LogP contribution in [0.15, 0.2) is 40.8 Å². The molecule has 1 aromatic carbocycles. The van der Waals surface area contributed by atoms with Crippen molar-refractivity contribution in [3.05, 3.63) is 59.3 Å². The summed E-state index contributed by atoms with van der Waals surface area (Å²) < 4.78 is 23.6. The van der Waals surface area contributed by atoms with Crippen LogP contribution >= 0.6 is 0 Å². The van der Waals surface area contributed by atoms with Gasteiger partial charge in [-0.25, -0.2) is 4.39 Å². The second kappa shape index (κ2) is 6.32. The number of furan rings is 1. The number of benzene rings is 1. The Kier molecular flexibility index (Phi) is 4.24. The van der Waals surface area contributed by atoms with Gasteiger partial charge in [0.15, 0.2) is 5.76 Å². The molecule has 3 rings (SSSR count). The Morgan fingerprint density at radius 1 is 1.32 bits per heavy atom. The number of carbonyl (C=O) groups is 1. The fraction of sp³-hybridized carbons (Fsp3) is 0.353. The van der Waals surface area contributed by atoms with E-state index in [2.05, 4.69) is 0 Å². The number of methoxy groups -OCH3 is 1. The molecule has 1 atom stereocenters. The number of halogens is 1. The molecule has 0 radical (unpaired) electrons. The average Bonchev–Trinajstić information content (AvgIpc) is 3.17. The zero-order valence-corrected chi connectivity index (χ0v) is 12.4. The quantitative estimate of drug-likeness (QED) is 0.867. The molecule has 116 valence electrons. The second-order valence-electron chi connectivity index (χ2n) is 5.41. The monoisotopic (exact) mass is 303 g/mol. The molecule has 0 spiro atoms. The van der Waals surface area contributed by atoms with Crippen molar-refractivity contribution in [3.63, 3.8) is 0 Å². The van der Waals surface area contributed by atoms with Gasteiger partial charge >= 0.3 is 0 Å². The second-order valence-corrected chi connectivity index (χ2v) is 5.41. The summed E-state index contributed by atoms with van der Waals surface area (Å²) >= 11 is 0. The molecular weight excluding hydrogens is 285 g/mol. The van der Waals surface area contributed by atoms with E-state index in [4.69, 9.17) is 9.15 Å². The Balaban J connectivity index is 1.79. The smallest absolute Gasteiger partial charge is 0.290 e. The van der Waals surface area contributed by atoms with Crippen molar-refractivity contribution in [2.45, 2.75) is 25.5 Å². The minimum absolute atomic E-state index is 0.0240. The number of carbonyl (C=O) groups excluding carboxylic acids is 1. The number of hydrogen-bond donors (Lipinski definition) is 0. The van der Waals surface area contributed by atoms with E-state index in [-0.39, 0.29) is 17.8 Å². The third-order valence-electron chi connectivity index (χ3n) is 3.93. The third kappa shape index (κ3) is 2.90. The van der Waals surface area contributed by atoms with E-state index >= 15 is 0 Å². The van der Waals surface area contributed by atoms with Gasteiger partial charge in [-0.2, -0.15) is 0 Å². The van der Waals surface area contributed by atoms with Gasteiger partial charge in [0.05, 0.1) is 6.04 Å². The first kappa shape index (κ1) is 14.8. The minimum atomic E-state index is -0.269. The van der Waals surface area contributed by atoms with Crippen LogP contribution in [0.4, 0.5) is 4.39 Å². The van der Waals surface area contributed by atoms with Crippen LogP contribution in [0.2, 0.25) is 0 Å². The van der Waals surface area contributed by atoms with Gasteiger partial charge in [0.25, 0.3) is 5.91 Å². The summed E-state index contributed by atoms with van der Waals surface area (Å²) in [7, 11) is 1.58. The molecule has 2 aromatic rings. The fourth-order valence-corrected chi connectivity index (χ4v) is 2.90. The van der Waals surface area contributed by atoms with E-state index in [1.807, 2.05) is 0 Å². The summed E-state index contributed by atoms with van der Waals surface area (Å²) in [6.45, 7) is 1.02. The molecule has 2 heterocycles. The zero-order chi connectivity index (χ0) is 15.5. The van der Waals surface area contributed by atoms with Crippen molar-refractivity contribution >= 4 is 5.91 Å². The van der Waals surface area contributed by atoms with Crippen LogP contribution in [0.1, 0.15) is 40.8 Å². The first-order chi connectivity index (χ1) is 10.7. The summed E-state index contributed by atoms with van der Waals surface area (Å²) in [6.07, 6.45) is 1.81. The SMILES string of the molecule is COCc1ccc(C(=O)N2CCCC2c2ccc(F)cc2)o1. The lowest BCUT2D eigenvalue weighted by Gasteiger charge is -2.24. The fourth-order valence-electron chi connectivity index (χ4n) is 2.90. The summed E-state index contributed by atoms with van der Waals surface area (Å²) in [5.41, 5.74) is 0.955. The largest absolute Gasteiger partial charge is 0.453 e. The van der Waals surface area contributed by atoms with E-state index < -0.39 is 0 Å². The van der Waals surface area contributed by atoms with E-state index in [9.17, 15) is 9.18 Å². The Bertz CT molecular complexity index is 650. The molecule has 0 saturated carbocycles. The third-order valence-corrected chi connectivity index (χ3v) is 3.93. The van der Waals surface area contributed by atoms with E-state index in [0.29, 0.717) is 24.7 Å². The Hall–Kier alpha value is -2.14. The van der Waals surface area contributed by atoms with Crippen molar-refractivity contribution in [1.82, 2.24) is 4.90 Å². The predicted molar refractivity (Wildman–Crippen MR) is 78.8 cm³/mol. The van der Waals surface area contributed by atoms with Crippen LogP contribution < -0.4 is 0 Å². The maximum Gasteiger partial charge on any atom is 0.290 e. The van der Waals surface area contributed by atoms with Gasteiger partial charge in [0, 0.05) is 13.7 Å². The van der Waals surface area contributed by atoms with Crippen molar-refractivity contribution in [2.75, 3.05) is 13.7 Å². The molecular formula is C17H18FNO3. The van der Waals surface area contributed by atoms with Crippen molar-refractivity contribution in [3.8, 4) is 0 Å². The highest BCUT2D eigenvalue weighted by Crippen LogP contribution is 2.33. The number of likely N-dealkylation sites (tertiary alicyclic amines) is 1. The van der Waals surface area contributed by atoms with Crippen molar-refractivity contribution in [1.29, 1.82) is 0 Å². The zero-order valence-electron chi connectivity index (χ0n) is 12.4. The van der Waals surface area contributed by atoms with Gasteiger partial charge in [-0.15, -0.1) is 0 Å². The van der Waals surface area contributed by atoms with Crippen LogP contribution in [-0.2, 0) is 11.3 Å². The lowest BCUT2D eigenvalue weighted by Crippen LogP contribution is -2.30. The van der Waals surface area contributed by atoms with Crippen LogP contribution in [0, 0.1) is 5.82 Å². The number of nitrogens with zero attached hydrogens (tertiary/aromatic N) is 1. The van der Waals surface area contributed by atoms with Crippen LogP contribution in [0.3, 0.4) is 0 Å². The van der Waals surface area contributed by atoms with Crippen molar-refractivity contribution < 1.29 is 18.3 Å². The molecule has 4 nitrogen and oxygen atoms in total. The van der Waals surface area contributed by atoms with Crippen LogP contribution in [-0.4, -0.2) is 24.5 Å².